The van der Waals surface area contributed by atoms with Crippen LogP contribution in [0.1, 0.15) is 19.8 Å². The van der Waals surface area contributed by atoms with Gasteiger partial charge in [0.1, 0.15) is 0 Å². The average Bonchev–Trinajstić information content (AvgIpc) is 2.13. The average molecular weight is 250 g/mol. The van der Waals surface area contributed by atoms with Gasteiger partial charge < -0.3 is 16.2 Å². The Morgan fingerprint density at radius 2 is 2.06 bits per heavy atom. The molecule has 0 aromatic rings. The highest BCUT2D eigenvalue weighted by Crippen LogP contribution is 1.95. The Hall–Kier alpha value is -0.950. The van der Waals surface area contributed by atoms with Crippen LogP contribution < -0.4 is 11.1 Å². The highest BCUT2D eigenvalue weighted by Gasteiger charge is 2.18. The van der Waals surface area contributed by atoms with Crippen molar-refractivity contribution in [3.05, 3.63) is 0 Å². The third-order valence-electron chi connectivity index (χ3n) is 1.96. The predicted octanol–water partition coefficient (Wildman–Crippen LogP) is -0.938. The zero-order valence-corrected chi connectivity index (χ0v) is 10.3. The Morgan fingerprint density at radius 3 is 2.50 bits per heavy atom. The topological polar surface area (TPSA) is 109 Å². The van der Waals surface area contributed by atoms with Gasteiger partial charge in [-0.15, -0.1) is 0 Å². The first-order valence-electron chi connectivity index (χ1n) is 4.90. The molecule has 0 fully saturated rings. The molecule has 0 rings (SSSR count). The quantitative estimate of drug-likeness (QED) is 0.540. The van der Waals surface area contributed by atoms with Gasteiger partial charge >= 0.3 is 5.97 Å². The van der Waals surface area contributed by atoms with E-state index in [-0.39, 0.29) is 6.04 Å². The van der Waals surface area contributed by atoms with Crippen molar-refractivity contribution >= 4 is 22.7 Å². The lowest BCUT2D eigenvalue weighted by Gasteiger charge is -2.16. The third-order valence-corrected chi connectivity index (χ3v) is 2.77. The Kier molecular flexibility index (Phi) is 6.91. The van der Waals surface area contributed by atoms with Crippen molar-refractivity contribution in [2.45, 2.75) is 31.8 Å². The molecule has 3 unspecified atom stereocenters. The molecule has 6 nitrogen and oxygen atoms in total. The van der Waals surface area contributed by atoms with E-state index in [1.54, 1.807) is 13.2 Å². The van der Waals surface area contributed by atoms with E-state index in [1.165, 1.54) is 0 Å². The van der Waals surface area contributed by atoms with E-state index >= 15 is 0 Å². The van der Waals surface area contributed by atoms with Crippen molar-refractivity contribution in [2.75, 3.05) is 12.0 Å². The van der Waals surface area contributed by atoms with E-state index in [4.69, 9.17) is 10.8 Å². The van der Waals surface area contributed by atoms with Crippen LogP contribution in [0.3, 0.4) is 0 Å². The number of carbonyl (C=O) groups is 2. The molecule has 1 amide bonds. The number of hydrogen-bond donors (Lipinski definition) is 3. The van der Waals surface area contributed by atoms with Crippen LogP contribution in [-0.4, -0.2) is 45.3 Å². The Balaban J connectivity index is 3.93. The van der Waals surface area contributed by atoms with Crippen molar-refractivity contribution in [3.8, 4) is 0 Å². The fraction of sp³-hybridized carbons (Fsp3) is 0.778. The zero-order chi connectivity index (χ0) is 12.7. The lowest BCUT2D eigenvalue weighted by Crippen LogP contribution is -2.45. The minimum atomic E-state index is -1.11. The van der Waals surface area contributed by atoms with Crippen molar-refractivity contribution in [3.63, 3.8) is 0 Å². The predicted molar refractivity (Wildman–Crippen MR) is 61.4 cm³/mol. The summed E-state index contributed by atoms with van der Waals surface area (Å²) in [6.45, 7) is 1.76. The Bertz CT molecular complexity index is 283. The number of aliphatic carboxylic acids is 1. The molecule has 0 spiro atoms. The summed E-state index contributed by atoms with van der Waals surface area (Å²) in [4.78, 5) is 21.7. The maximum absolute atomic E-state index is 11.4. The second-order valence-corrected chi connectivity index (χ2v) is 5.23. The number of carboxylic acids is 1. The highest BCUT2D eigenvalue weighted by molar-refractivity contribution is 7.84. The number of rotatable bonds is 7. The van der Waals surface area contributed by atoms with Crippen LogP contribution in [0.25, 0.3) is 0 Å². The third kappa shape index (κ3) is 7.36. The van der Waals surface area contributed by atoms with Crippen molar-refractivity contribution in [1.29, 1.82) is 0 Å². The molecule has 0 aliphatic rings. The van der Waals surface area contributed by atoms with Crippen LogP contribution in [0.15, 0.2) is 0 Å². The van der Waals surface area contributed by atoms with Gasteiger partial charge in [0.25, 0.3) is 0 Å². The summed E-state index contributed by atoms with van der Waals surface area (Å²) in [6.07, 6.45) is 1.78. The van der Waals surface area contributed by atoms with Crippen LogP contribution in [0.5, 0.6) is 0 Å². The molecule has 7 heteroatoms. The lowest BCUT2D eigenvalue weighted by atomic mass is 10.2. The van der Waals surface area contributed by atoms with E-state index in [2.05, 4.69) is 5.32 Å². The number of hydrogen-bond acceptors (Lipinski definition) is 4. The summed E-state index contributed by atoms with van der Waals surface area (Å²) >= 11 is 0. The molecule has 0 radical (unpaired) electrons. The molecule has 0 aliphatic carbocycles. The number of carboxylic acid groups (broad SMARTS) is 1. The molecule has 0 aromatic heterocycles. The molecule has 4 N–H and O–H groups in total. The first kappa shape index (κ1) is 15.0. The van der Waals surface area contributed by atoms with Gasteiger partial charge in [-0.3, -0.25) is 13.8 Å². The van der Waals surface area contributed by atoms with Gasteiger partial charge in [-0.05, 0) is 13.3 Å². The Labute approximate surface area is 97.0 Å². The van der Waals surface area contributed by atoms with Gasteiger partial charge in [-0.1, -0.05) is 0 Å². The number of nitrogens with two attached hydrogens (primary N) is 1. The van der Waals surface area contributed by atoms with Crippen LogP contribution in [-0.2, 0) is 20.4 Å². The van der Waals surface area contributed by atoms with Crippen molar-refractivity contribution in [2.24, 2.45) is 5.73 Å². The van der Waals surface area contributed by atoms with Gasteiger partial charge in [0.15, 0.2) is 0 Å². The fourth-order valence-corrected chi connectivity index (χ4v) is 1.73. The largest absolute Gasteiger partial charge is 0.481 e. The molecule has 0 saturated carbocycles. The lowest BCUT2D eigenvalue weighted by molar-refractivity contribution is -0.139. The van der Waals surface area contributed by atoms with Crippen LogP contribution in [0, 0.1) is 0 Å². The first-order chi connectivity index (χ1) is 7.32. The summed E-state index contributed by atoms with van der Waals surface area (Å²) in [5.41, 5.74) is 5.37. The second-order valence-electron chi connectivity index (χ2n) is 3.68. The molecule has 0 saturated heterocycles. The molecule has 0 heterocycles. The van der Waals surface area contributed by atoms with Gasteiger partial charge in [0.2, 0.25) is 5.91 Å². The molecular weight excluding hydrogens is 232 g/mol. The Morgan fingerprint density at radius 1 is 1.50 bits per heavy atom. The summed E-state index contributed by atoms with van der Waals surface area (Å²) in [5, 5.41) is 11.0. The van der Waals surface area contributed by atoms with Gasteiger partial charge in [0.05, 0.1) is 12.5 Å². The normalized spacial score (nSPS) is 16.2. The molecule has 3 atom stereocenters. The second kappa shape index (κ2) is 7.34. The summed E-state index contributed by atoms with van der Waals surface area (Å²) < 4.78 is 10.8. The molecule has 0 aliphatic heterocycles. The number of amides is 1. The molecule has 94 valence electrons. The maximum Gasteiger partial charge on any atom is 0.305 e. The van der Waals surface area contributed by atoms with E-state index in [0.717, 1.165) is 0 Å². The van der Waals surface area contributed by atoms with Gasteiger partial charge in [-0.2, -0.15) is 0 Å². The maximum atomic E-state index is 11.4. The van der Waals surface area contributed by atoms with E-state index in [9.17, 15) is 13.8 Å². The van der Waals surface area contributed by atoms with Crippen LogP contribution in [0.2, 0.25) is 0 Å². The number of nitrogens with one attached hydrogen (secondary N) is 1. The minimum Gasteiger partial charge on any atom is -0.481 e. The molecule has 0 bridgehead atoms. The monoisotopic (exact) mass is 250 g/mol. The standard InChI is InChI=1S/C9H18N2O4S/c1-6(3-4-16(2)15)11-9(14)7(10)5-8(12)13/h6-7H,3-5,10H2,1-2H3,(H,11,14)(H,12,13). The van der Waals surface area contributed by atoms with Crippen molar-refractivity contribution < 1.29 is 18.9 Å². The summed E-state index contributed by atoms with van der Waals surface area (Å²) in [7, 11) is -0.897. The molecule has 16 heavy (non-hydrogen) atoms. The molecular formula is C9H18N2O4S. The van der Waals surface area contributed by atoms with E-state index in [0.29, 0.717) is 12.2 Å². The zero-order valence-electron chi connectivity index (χ0n) is 9.43. The minimum absolute atomic E-state index is 0.156. The SMILES string of the molecule is CC(CCS(C)=O)NC(=O)C(N)CC(=O)O. The van der Waals surface area contributed by atoms with E-state index in [1.807, 2.05) is 0 Å². The van der Waals surface area contributed by atoms with E-state index < -0.39 is 35.1 Å². The van der Waals surface area contributed by atoms with Gasteiger partial charge in [-0.25, -0.2) is 0 Å². The summed E-state index contributed by atoms with van der Waals surface area (Å²) in [6, 6.07) is -1.19. The smallest absolute Gasteiger partial charge is 0.305 e. The van der Waals surface area contributed by atoms with Crippen LogP contribution in [0.4, 0.5) is 0 Å². The fourth-order valence-electron chi connectivity index (χ4n) is 1.05. The highest BCUT2D eigenvalue weighted by atomic mass is 32.2. The first-order valence-corrected chi connectivity index (χ1v) is 6.63. The molecule has 0 aromatic carbocycles. The van der Waals surface area contributed by atoms with Gasteiger partial charge in [0, 0.05) is 28.9 Å². The summed E-state index contributed by atoms with van der Waals surface area (Å²) in [5.74, 6) is -1.10. The number of carbonyl (C=O) groups excluding carboxylic acids is 1. The van der Waals surface area contributed by atoms with Crippen LogP contribution >= 0.6 is 0 Å². The van der Waals surface area contributed by atoms with Crippen molar-refractivity contribution in [1.82, 2.24) is 5.32 Å².